The van der Waals surface area contributed by atoms with Crippen LogP contribution in [0.1, 0.15) is 23.0 Å². The summed E-state index contributed by atoms with van der Waals surface area (Å²) in [6.45, 7) is 9.99. The lowest BCUT2D eigenvalue weighted by Crippen LogP contribution is -2.61. The molecule has 0 spiro atoms. The molecule has 3 amide bonds. The number of rotatable bonds is 5. The molecular formula is C23H27BrN4O4. The Morgan fingerprint density at radius 3 is 2.69 bits per heavy atom. The van der Waals surface area contributed by atoms with E-state index in [1.165, 1.54) is 6.08 Å². The van der Waals surface area contributed by atoms with Crippen LogP contribution < -0.4 is 5.32 Å². The molecule has 2 aliphatic heterocycles. The Morgan fingerprint density at radius 1 is 1.25 bits per heavy atom. The van der Waals surface area contributed by atoms with Crippen molar-refractivity contribution in [3.05, 3.63) is 46.6 Å². The topological polar surface area (TPSA) is 83.9 Å². The zero-order valence-electron chi connectivity index (χ0n) is 18.3. The van der Waals surface area contributed by atoms with E-state index in [-0.39, 0.29) is 36.4 Å². The first-order chi connectivity index (χ1) is 15.3. The predicted octanol–water partition coefficient (Wildman–Crippen LogP) is 2.09. The Labute approximate surface area is 195 Å². The number of carbonyl (C=O) groups is 3. The van der Waals surface area contributed by atoms with Crippen molar-refractivity contribution in [1.82, 2.24) is 19.7 Å². The maximum absolute atomic E-state index is 13.4. The van der Waals surface area contributed by atoms with Crippen LogP contribution in [0, 0.1) is 6.92 Å². The summed E-state index contributed by atoms with van der Waals surface area (Å²) in [5.41, 5.74) is 2.21. The van der Waals surface area contributed by atoms with Crippen LogP contribution in [0.3, 0.4) is 0 Å². The van der Waals surface area contributed by atoms with Gasteiger partial charge < -0.3 is 24.4 Å². The summed E-state index contributed by atoms with van der Waals surface area (Å²) in [6.07, 6.45) is 1.27. The number of amides is 3. The number of nitrogens with one attached hydrogen (secondary N) is 1. The van der Waals surface area contributed by atoms with Gasteiger partial charge in [0.2, 0.25) is 11.8 Å². The lowest BCUT2D eigenvalue weighted by molar-refractivity contribution is -0.133. The normalized spacial score (nSPS) is 19.0. The van der Waals surface area contributed by atoms with Gasteiger partial charge in [0.1, 0.15) is 6.54 Å². The molecule has 2 saturated heterocycles. The zero-order valence-corrected chi connectivity index (χ0v) is 19.9. The van der Waals surface area contributed by atoms with Crippen molar-refractivity contribution >= 4 is 44.6 Å². The molecule has 2 fully saturated rings. The highest BCUT2D eigenvalue weighted by Gasteiger charge is 2.31. The van der Waals surface area contributed by atoms with Crippen molar-refractivity contribution in [2.24, 2.45) is 0 Å². The van der Waals surface area contributed by atoms with E-state index in [0.29, 0.717) is 38.3 Å². The summed E-state index contributed by atoms with van der Waals surface area (Å²) in [4.78, 5) is 41.3. The molecule has 4 rings (SSSR count). The first-order valence-electron chi connectivity index (χ1n) is 10.7. The second kappa shape index (κ2) is 9.07. The number of likely N-dealkylation sites (tertiary alicyclic amines) is 1. The molecule has 1 aromatic carbocycles. The molecule has 1 aromatic heterocycles. The molecule has 32 heavy (non-hydrogen) atoms. The van der Waals surface area contributed by atoms with E-state index >= 15 is 0 Å². The van der Waals surface area contributed by atoms with Gasteiger partial charge in [-0.15, -0.1) is 0 Å². The molecule has 170 valence electrons. The lowest BCUT2D eigenvalue weighted by Gasteiger charge is -2.38. The lowest BCUT2D eigenvalue weighted by atomic mass is 10.1. The Kier molecular flexibility index (Phi) is 6.39. The summed E-state index contributed by atoms with van der Waals surface area (Å²) < 4.78 is 8.34. The fraction of sp³-hybridized carbons (Fsp3) is 0.435. The van der Waals surface area contributed by atoms with Crippen LogP contribution in [0.2, 0.25) is 0 Å². The first kappa shape index (κ1) is 22.5. The molecular weight excluding hydrogens is 476 g/mol. The summed E-state index contributed by atoms with van der Waals surface area (Å²) in [6, 6.07) is 5.69. The molecule has 2 aromatic rings. The number of benzene rings is 1. The fourth-order valence-electron chi connectivity index (χ4n) is 4.38. The van der Waals surface area contributed by atoms with Crippen molar-refractivity contribution in [2.75, 3.05) is 32.8 Å². The molecule has 8 nitrogen and oxygen atoms in total. The third-order valence-corrected chi connectivity index (χ3v) is 6.56. The monoisotopic (exact) mass is 502 g/mol. The Morgan fingerprint density at radius 2 is 2.00 bits per heavy atom. The Bertz CT molecular complexity index is 1090. The molecule has 1 N–H and O–H groups in total. The summed E-state index contributed by atoms with van der Waals surface area (Å²) >= 11 is 3.51. The van der Waals surface area contributed by atoms with E-state index in [2.05, 4.69) is 27.8 Å². The maximum Gasteiger partial charge on any atom is 0.256 e. The standard InChI is InChI=1S/C23H27BrN4O4/c1-4-21(30)27-11-17(12-27)25-20(29)13-28-15(3)22(18-9-16(24)5-6-19(18)28)23(31)26-7-8-32-14(2)10-26/h4-6,9,14,17H,1,7-8,10-13H2,2-3H3,(H,25,29)/t14-/m1/s1. The number of morpholine rings is 1. The zero-order chi connectivity index (χ0) is 23.0. The largest absolute Gasteiger partial charge is 0.375 e. The van der Waals surface area contributed by atoms with Gasteiger partial charge in [0.15, 0.2) is 0 Å². The quantitative estimate of drug-likeness (QED) is 0.634. The van der Waals surface area contributed by atoms with Gasteiger partial charge in [-0.3, -0.25) is 14.4 Å². The molecule has 0 radical (unpaired) electrons. The molecule has 3 heterocycles. The molecule has 0 unspecified atom stereocenters. The highest BCUT2D eigenvalue weighted by atomic mass is 79.9. The van der Waals surface area contributed by atoms with E-state index in [4.69, 9.17) is 4.74 Å². The second-order valence-corrected chi connectivity index (χ2v) is 9.27. The van der Waals surface area contributed by atoms with Gasteiger partial charge in [0.25, 0.3) is 5.91 Å². The minimum atomic E-state index is -0.150. The highest BCUT2D eigenvalue weighted by molar-refractivity contribution is 9.10. The average Bonchev–Trinajstić information content (AvgIpc) is 2.99. The number of hydrogen-bond donors (Lipinski definition) is 1. The van der Waals surface area contributed by atoms with E-state index < -0.39 is 0 Å². The van der Waals surface area contributed by atoms with E-state index in [0.717, 1.165) is 21.1 Å². The van der Waals surface area contributed by atoms with Crippen LogP contribution in [0.25, 0.3) is 10.9 Å². The third-order valence-electron chi connectivity index (χ3n) is 6.06. The van der Waals surface area contributed by atoms with Crippen LogP contribution in [0.4, 0.5) is 0 Å². The van der Waals surface area contributed by atoms with Crippen molar-refractivity contribution in [3.63, 3.8) is 0 Å². The molecule has 9 heteroatoms. The van der Waals surface area contributed by atoms with Gasteiger partial charge in [-0.1, -0.05) is 22.5 Å². The van der Waals surface area contributed by atoms with Crippen molar-refractivity contribution < 1.29 is 19.1 Å². The smallest absolute Gasteiger partial charge is 0.256 e. The van der Waals surface area contributed by atoms with Crippen LogP contribution in [-0.2, 0) is 20.9 Å². The van der Waals surface area contributed by atoms with Gasteiger partial charge in [-0.25, -0.2) is 0 Å². The third kappa shape index (κ3) is 4.31. The molecule has 0 bridgehead atoms. The number of ether oxygens (including phenoxy) is 1. The average molecular weight is 503 g/mol. The summed E-state index contributed by atoms with van der Waals surface area (Å²) in [7, 11) is 0. The first-order valence-corrected chi connectivity index (χ1v) is 11.5. The minimum Gasteiger partial charge on any atom is -0.375 e. The number of halogens is 1. The van der Waals surface area contributed by atoms with Crippen LogP contribution >= 0.6 is 15.9 Å². The molecule has 1 atom stereocenters. The predicted molar refractivity (Wildman–Crippen MR) is 124 cm³/mol. The molecule has 0 saturated carbocycles. The molecule has 2 aliphatic rings. The number of aromatic nitrogens is 1. The minimum absolute atomic E-state index is 0.00566. The second-order valence-electron chi connectivity index (χ2n) is 8.35. The number of hydrogen-bond acceptors (Lipinski definition) is 4. The maximum atomic E-state index is 13.4. The molecule has 0 aliphatic carbocycles. The van der Waals surface area contributed by atoms with Gasteiger partial charge in [-0.05, 0) is 38.1 Å². The van der Waals surface area contributed by atoms with Crippen LogP contribution in [0.5, 0.6) is 0 Å². The van der Waals surface area contributed by atoms with Gasteiger partial charge in [0, 0.05) is 47.2 Å². The van der Waals surface area contributed by atoms with Gasteiger partial charge in [0.05, 0.1) is 24.3 Å². The SMILES string of the molecule is C=CC(=O)N1CC(NC(=O)Cn2c(C)c(C(=O)N3CCO[C@H](C)C3)c3cc(Br)ccc32)C1. The summed E-state index contributed by atoms with van der Waals surface area (Å²) in [5, 5.41) is 3.80. The number of nitrogens with zero attached hydrogens (tertiary/aromatic N) is 3. The Hall–Kier alpha value is -2.65. The van der Waals surface area contributed by atoms with Crippen LogP contribution in [-0.4, -0.2) is 77.0 Å². The van der Waals surface area contributed by atoms with Gasteiger partial charge in [-0.2, -0.15) is 0 Å². The highest BCUT2D eigenvalue weighted by Crippen LogP contribution is 2.30. The number of carbonyl (C=O) groups excluding carboxylic acids is 3. The summed E-state index contributed by atoms with van der Waals surface area (Å²) in [5.74, 6) is -0.325. The number of fused-ring (bicyclic) bond motifs is 1. The van der Waals surface area contributed by atoms with E-state index in [1.54, 1.807) is 4.90 Å². The Balaban J connectivity index is 1.56. The van der Waals surface area contributed by atoms with Crippen LogP contribution in [0.15, 0.2) is 35.3 Å². The van der Waals surface area contributed by atoms with Gasteiger partial charge >= 0.3 is 0 Å². The van der Waals surface area contributed by atoms with E-state index in [9.17, 15) is 14.4 Å². The fourth-order valence-corrected chi connectivity index (χ4v) is 4.75. The van der Waals surface area contributed by atoms with Crippen molar-refractivity contribution in [3.8, 4) is 0 Å². The van der Waals surface area contributed by atoms with Crippen molar-refractivity contribution in [1.29, 1.82) is 0 Å². The van der Waals surface area contributed by atoms with Crippen molar-refractivity contribution in [2.45, 2.75) is 32.5 Å². The van der Waals surface area contributed by atoms with E-state index in [1.807, 2.05) is 41.5 Å².